The number of benzene rings is 2. The molecule has 0 saturated carbocycles. The summed E-state index contributed by atoms with van der Waals surface area (Å²) >= 11 is 6.11. The van der Waals surface area contributed by atoms with Crippen LogP contribution in [0.1, 0.15) is 21.9 Å². The molecule has 1 amide bonds. The second kappa shape index (κ2) is 9.14. The first-order valence-electron chi connectivity index (χ1n) is 10.6. The Morgan fingerprint density at radius 1 is 0.969 bits per heavy atom. The lowest BCUT2D eigenvalue weighted by molar-refractivity contribution is 0.0919. The molecule has 0 aliphatic carbocycles. The molecule has 32 heavy (non-hydrogen) atoms. The fourth-order valence-corrected chi connectivity index (χ4v) is 4.15. The second-order valence-electron chi connectivity index (χ2n) is 7.88. The lowest BCUT2D eigenvalue weighted by Crippen LogP contribution is -2.45. The summed E-state index contributed by atoms with van der Waals surface area (Å²) < 4.78 is 16.5. The highest BCUT2D eigenvalue weighted by molar-refractivity contribution is 6.30. The van der Waals surface area contributed by atoms with E-state index in [2.05, 4.69) is 21.2 Å². The molecule has 0 spiro atoms. The molecule has 2 aliphatic heterocycles. The van der Waals surface area contributed by atoms with Crippen LogP contribution in [0.15, 0.2) is 59.0 Å². The van der Waals surface area contributed by atoms with Gasteiger partial charge in [-0.15, -0.1) is 0 Å². The van der Waals surface area contributed by atoms with Gasteiger partial charge in [0.15, 0.2) is 17.3 Å². The number of anilines is 1. The Bertz CT molecular complexity index is 1110. The van der Waals surface area contributed by atoms with Crippen molar-refractivity contribution >= 4 is 23.2 Å². The lowest BCUT2D eigenvalue weighted by Gasteiger charge is -2.35. The summed E-state index contributed by atoms with van der Waals surface area (Å²) in [5.74, 6) is 2.30. The number of halogens is 1. The Balaban J connectivity index is 1.11. The zero-order valence-electron chi connectivity index (χ0n) is 17.6. The van der Waals surface area contributed by atoms with Gasteiger partial charge in [0.25, 0.3) is 5.91 Å². The van der Waals surface area contributed by atoms with Gasteiger partial charge in [0, 0.05) is 43.4 Å². The molecule has 1 fully saturated rings. The molecule has 1 N–H and O–H groups in total. The highest BCUT2D eigenvalue weighted by atomic mass is 35.5. The van der Waals surface area contributed by atoms with E-state index in [4.69, 9.17) is 25.5 Å². The number of nitrogens with zero attached hydrogens (tertiary/aromatic N) is 2. The largest absolute Gasteiger partial charge is 0.455 e. The van der Waals surface area contributed by atoms with E-state index < -0.39 is 0 Å². The third kappa shape index (κ3) is 4.69. The Morgan fingerprint density at radius 3 is 2.66 bits per heavy atom. The molecule has 2 aliphatic rings. The predicted molar refractivity (Wildman–Crippen MR) is 121 cm³/mol. The number of piperazine rings is 1. The maximum atomic E-state index is 12.5. The van der Waals surface area contributed by atoms with Crippen molar-refractivity contribution in [3.05, 3.63) is 76.7 Å². The van der Waals surface area contributed by atoms with Crippen LogP contribution in [0.5, 0.6) is 11.5 Å². The van der Waals surface area contributed by atoms with E-state index >= 15 is 0 Å². The maximum Gasteiger partial charge on any atom is 0.287 e. The minimum Gasteiger partial charge on any atom is -0.455 e. The van der Waals surface area contributed by atoms with Crippen LogP contribution >= 0.6 is 11.6 Å². The van der Waals surface area contributed by atoms with Gasteiger partial charge in [-0.2, -0.15) is 0 Å². The van der Waals surface area contributed by atoms with Gasteiger partial charge in [-0.25, -0.2) is 0 Å². The molecule has 1 aromatic heterocycles. The number of amides is 1. The van der Waals surface area contributed by atoms with Crippen LogP contribution in [0.2, 0.25) is 5.02 Å². The molecule has 1 saturated heterocycles. The molecule has 3 aromatic rings. The van der Waals surface area contributed by atoms with E-state index in [1.807, 2.05) is 42.5 Å². The van der Waals surface area contributed by atoms with Crippen LogP contribution < -0.4 is 19.7 Å². The molecule has 5 rings (SSSR count). The summed E-state index contributed by atoms with van der Waals surface area (Å²) in [4.78, 5) is 17.2. The molecular formula is C24H24ClN3O4. The molecule has 3 heterocycles. The molecule has 0 bridgehead atoms. The quantitative estimate of drug-likeness (QED) is 0.610. The Labute approximate surface area is 191 Å². The first kappa shape index (κ1) is 20.7. The smallest absolute Gasteiger partial charge is 0.287 e. The number of ether oxygens (including phenoxy) is 2. The third-order valence-electron chi connectivity index (χ3n) is 5.70. The summed E-state index contributed by atoms with van der Waals surface area (Å²) in [5, 5.41) is 3.65. The fraction of sp³-hybridized carbons (Fsp3) is 0.292. The van der Waals surface area contributed by atoms with Crippen LogP contribution in [-0.2, 0) is 13.1 Å². The van der Waals surface area contributed by atoms with Crippen molar-refractivity contribution in [1.29, 1.82) is 0 Å². The topological polar surface area (TPSA) is 67.2 Å². The Morgan fingerprint density at radius 2 is 1.81 bits per heavy atom. The molecular weight excluding hydrogens is 430 g/mol. The van der Waals surface area contributed by atoms with Gasteiger partial charge < -0.3 is 24.1 Å². The number of rotatable bonds is 6. The van der Waals surface area contributed by atoms with E-state index in [0.717, 1.165) is 54.0 Å². The molecule has 0 radical (unpaired) electrons. The van der Waals surface area contributed by atoms with Gasteiger partial charge >= 0.3 is 0 Å². The first-order valence-corrected chi connectivity index (χ1v) is 11.0. The average Bonchev–Trinajstić information content (AvgIpc) is 3.47. The fourth-order valence-electron chi connectivity index (χ4n) is 3.96. The van der Waals surface area contributed by atoms with Gasteiger partial charge in [-0.3, -0.25) is 9.69 Å². The summed E-state index contributed by atoms with van der Waals surface area (Å²) in [6, 6.07) is 17.2. The first-order chi connectivity index (χ1) is 15.6. The van der Waals surface area contributed by atoms with E-state index in [1.165, 1.54) is 0 Å². The number of hydrogen-bond acceptors (Lipinski definition) is 6. The SMILES string of the molecule is O=C(NCc1ccc2c(c1)OCO2)c1ccc(CN2CCN(c3cccc(Cl)c3)CC2)o1. The van der Waals surface area contributed by atoms with Crippen molar-refractivity contribution in [2.45, 2.75) is 13.1 Å². The van der Waals surface area contributed by atoms with Crippen molar-refractivity contribution in [1.82, 2.24) is 10.2 Å². The van der Waals surface area contributed by atoms with Gasteiger partial charge in [-0.05, 0) is 48.0 Å². The van der Waals surface area contributed by atoms with Crippen LogP contribution in [-0.4, -0.2) is 43.8 Å². The van der Waals surface area contributed by atoms with Crippen molar-refractivity contribution in [3.63, 3.8) is 0 Å². The van der Waals surface area contributed by atoms with Crippen LogP contribution in [0.3, 0.4) is 0 Å². The summed E-state index contributed by atoms with van der Waals surface area (Å²) in [5.41, 5.74) is 2.09. The molecule has 7 nitrogen and oxygen atoms in total. The third-order valence-corrected chi connectivity index (χ3v) is 5.94. The average molecular weight is 454 g/mol. The van der Waals surface area contributed by atoms with Crippen LogP contribution in [0, 0.1) is 0 Å². The highest BCUT2D eigenvalue weighted by Gasteiger charge is 2.20. The van der Waals surface area contributed by atoms with Crippen LogP contribution in [0.4, 0.5) is 5.69 Å². The number of furan rings is 1. The standard InChI is InChI=1S/C24H24ClN3O4/c25-18-2-1-3-19(13-18)28-10-8-27(9-11-28)15-20-5-7-22(32-20)24(29)26-14-17-4-6-21-23(12-17)31-16-30-21/h1-7,12-13H,8-11,14-16H2,(H,26,29). The zero-order chi connectivity index (χ0) is 21.9. The number of carbonyl (C=O) groups excluding carboxylic acids is 1. The van der Waals surface area contributed by atoms with Crippen molar-refractivity contribution in [3.8, 4) is 11.5 Å². The Hall–Kier alpha value is -3.16. The summed E-state index contributed by atoms with van der Waals surface area (Å²) in [6.07, 6.45) is 0. The minimum absolute atomic E-state index is 0.232. The second-order valence-corrected chi connectivity index (χ2v) is 8.32. The van der Waals surface area contributed by atoms with Gasteiger partial charge in [0.2, 0.25) is 6.79 Å². The molecule has 166 valence electrons. The molecule has 0 atom stereocenters. The number of fused-ring (bicyclic) bond motifs is 1. The maximum absolute atomic E-state index is 12.5. The minimum atomic E-state index is -0.236. The van der Waals surface area contributed by atoms with Gasteiger partial charge in [0.05, 0.1) is 6.54 Å². The number of carbonyl (C=O) groups is 1. The zero-order valence-corrected chi connectivity index (χ0v) is 18.3. The predicted octanol–water partition coefficient (Wildman–Crippen LogP) is 3.91. The molecule has 8 heteroatoms. The van der Waals surface area contributed by atoms with Gasteiger partial charge in [0.1, 0.15) is 5.76 Å². The van der Waals surface area contributed by atoms with Crippen molar-refractivity contribution in [2.75, 3.05) is 37.9 Å². The van der Waals surface area contributed by atoms with E-state index in [0.29, 0.717) is 24.6 Å². The van der Waals surface area contributed by atoms with E-state index in [1.54, 1.807) is 6.07 Å². The van der Waals surface area contributed by atoms with E-state index in [9.17, 15) is 4.79 Å². The lowest BCUT2D eigenvalue weighted by atomic mass is 10.2. The van der Waals surface area contributed by atoms with Crippen molar-refractivity contribution < 1.29 is 18.7 Å². The highest BCUT2D eigenvalue weighted by Crippen LogP contribution is 2.32. The summed E-state index contributed by atoms with van der Waals surface area (Å²) in [6.45, 7) is 4.97. The number of nitrogens with one attached hydrogen (secondary N) is 1. The van der Waals surface area contributed by atoms with E-state index in [-0.39, 0.29) is 12.7 Å². The normalized spacial score (nSPS) is 15.7. The number of hydrogen-bond donors (Lipinski definition) is 1. The Kier molecular flexibility index (Phi) is 5.92. The molecule has 0 unspecified atom stereocenters. The van der Waals surface area contributed by atoms with Crippen molar-refractivity contribution in [2.24, 2.45) is 0 Å². The van der Waals surface area contributed by atoms with Crippen LogP contribution in [0.25, 0.3) is 0 Å². The van der Waals surface area contributed by atoms with Gasteiger partial charge in [-0.1, -0.05) is 23.7 Å². The molecule has 2 aromatic carbocycles. The monoisotopic (exact) mass is 453 g/mol. The summed E-state index contributed by atoms with van der Waals surface area (Å²) in [7, 11) is 0.